The van der Waals surface area contributed by atoms with Gasteiger partial charge in [-0.1, -0.05) is 44.7 Å². The van der Waals surface area contributed by atoms with E-state index in [4.69, 9.17) is 4.74 Å². The zero-order chi connectivity index (χ0) is 18.1. The SMILES string of the molecule is CCCCCCCOc1cccc(NC(=O)c2ccc(C)c(I)c2)c1. The Morgan fingerprint density at radius 1 is 1.08 bits per heavy atom. The van der Waals surface area contributed by atoms with Crippen LogP contribution in [0, 0.1) is 10.5 Å². The fourth-order valence-corrected chi connectivity index (χ4v) is 3.01. The molecule has 25 heavy (non-hydrogen) atoms. The molecule has 0 aliphatic heterocycles. The Hall–Kier alpha value is -1.56. The summed E-state index contributed by atoms with van der Waals surface area (Å²) in [5.74, 6) is 0.696. The third kappa shape index (κ3) is 6.69. The van der Waals surface area contributed by atoms with Crippen molar-refractivity contribution in [2.45, 2.75) is 46.0 Å². The molecule has 0 aliphatic rings. The molecule has 0 radical (unpaired) electrons. The van der Waals surface area contributed by atoms with Crippen LogP contribution in [-0.4, -0.2) is 12.5 Å². The standard InChI is InChI=1S/C21H26INO2/c1-3-4-5-6-7-13-25-19-10-8-9-18(15-19)23-21(24)17-12-11-16(2)20(22)14-17/h8-12,14-15H,3-7,13H2,1-2H3,(H,23,24). The van der Waals surface area contributed by atoms with E-state index in [1.54, 1.807) is 0 Å². The summed E-state index contributed by atoms with van der Waals surface area (Å²) >= 11 is 2.25. The maximum Gasteiger partial charge on any atom is 0.255 e. The van der Waals surface area contributed by atoms with Crippen molar-refractivity contribution in [2.75, 3.05) is 11.9 Å². The first kappa shape index (κ1) is 19.8. The average molecular weight is 451 g/mol. The molecule has 0 unspecified atom stereocenters. The molecule has 134 valence electrons. The molecular weight excluding hydrogens is 425 g/mol. The molecule has 2 rings (SSSR count). The summed E-state index contributed by atoms with van der Waals surface area (Å²) < 4.78 is 6.88. The summed E-state index contributed by atoms with van der Waals surface area (Å²) in [6, 6.07) is 13.3. The number of anilines is 1. The van der Waals surface area contributed by atoms with E-state index in [2.05, 4.69) is 34.8 Å². The second-order valence-electron chi connectivity index (χ2n) is 6.21. The second-order valence-corrected chi connectivity index (χ2v) is 7.37. The van der Waals surface area contributed by atoms with Crippen LogP contribution in [0.15, 0.2) is 42.5 Å². The number of rotatable bonds is 9. The summed E-state index contributed by atoms with van der Waals surface area (Å²) in [6.07, 6.45) is 6.09. The first-order valence-electron chi connectivity index (χ1n) is 8.90. The number of halogens is 1. The van der Waals surface area contributed by atoms with E-state index in [0.29, 0.717) is 5.56 Å². The van der Waals surface area contributed by atoms with Gasteiger partial charge >= 0.3 is 0 Å². The molecule has 1 N–H and O–H groups in total. The minimum atomic E-state index is -0.102. The molecule has 0 atom stereocenters. The maximum absolute atomic E-state index is 12.4. The lowest BCUT2D eigenvalue weighted by Crippen LogP contribution is -2.12. The molecule has 2 aromatic carbocycles. The predicted octanol–water partition coefficient (Wildman–Crippen LogP) is 6.20. The highest BCUT2D eigenvalue weighted by atomic mass is 127. The fourth-order valence-electron chi connectivity index (χ4n) is 2.50. The summed E-state index contributed by atoms with van der Waals surface area (Å²) in [4.78, 5) is 12.4. The quantitative estimate of drug-likeness (QED) is 0.364. The van der Waals surface area contributed by atoms with E-state index in [-0.39, 0.29) is 5.91 Å². The Morgan fingerprint density at radius 2 is 1.88 bits per heavy atom. The minimum absolute atomic E-state index is 0.102. The molecule has 4 heteroatoms. The Balaban J connectivity index is 1.87. The van der Waals surface area contributed by atoms with E-state index in [1.807, 2.05) is 49.4 Å². The molecule has 0 aromatic heterocycles. The third-order valence-electron chi connectivity index (χ3n) is 4.04. The number of ether oxygens (including phenoxy) is 1. The number of aryl methyl sites for hydroxylation is 1. The van der Waals surface area contributed by atoms with Crippen molar-refractivity contribution in [3.63, 3.8) is 0 Å². The lowest BCUT2D eigenvalue weighted by atomic mass is 10.1. The Morgan fingerprint density at radius 3 is 2.64 bits per heavy atom. The summed E-state index contributed by atoms with van der Waals surface area (Å²) in [5, 5.41) is 2.94. The minimum Gasteiger partial charge on any atom is -0.494 e. The summed E-state index contributed by atoms with van der Waals surface area (Å²) in [7, 11) is 0. The predicted molar refractivity (Wildman–Crippen MR) is 113 cm³/mol. The van der Waals surface area contributed by atoms with Gasteiger partial charge in [-0.25, -0.2) is 0 Å². The van der Waals surface area contributed by atoms with Gasteiger partial charge in [0.2, 0.25) is 0 Å². The molecule has 0 spiro atoms. The van der Waals surface area contributed by atoms with Gasteiger partial charge in [0, 0.05) is 20.9 Å². The van der Waals surface area contributed by atoms with Crippen molar-refractivity contribution >= 4 is 34.2 Å². The van der Waals surface area contributed by atoms with E-state index in [1.165, 1.54) is 31.2 Å². The highest BCUT2D eigenvalue weighted by molar-refractivity contribution is 14.1. The molecule has 0 bridgehead atoms. The smallest absolute Gasteiger partial charge is 0.255 e. The topological polar surface area (TPSA) is 38.3 Å². The molecule has 0 heterocycles. The van der Waals surface area contributed by atoms with Gasteiger partial charge < -0.3 is 10.1 Å². The van der Waals surface area contributed by atoms with Crippen LogP contribution in [0.1, 0.15) is 54.9 Å². The van der Waals surface area contributed by atoms with Crippen LogP contribution < -0.4 is 10.1 Å². The van der Waals surface area contributed by atoms with Gasteiger partial charge in [-0.05, 0) is 65.8 Å². The van der Waals surface area contributed by atoms with Crippen LogP contribution in [-0.2, 0) is 0 Å². The Bertz CT molecular complexity index is 700. The highest BCUT2D eigenvalue weighted by Crippen LogP contribution is 2.20. The Kier molecular flexibility index (Phi) is 8.25. The molecule has 1 amide bonds. The number of carbonyl (C=O) groups excluding carboxylic acids is 1. The lowest BCUT2D eigenvalue weighted by molar-refractivity contribution is 0.102. The van der Waals surface area contributed by atoms with Crippen LogP contribution in [0.5, 0.6) is 5.75 Å². The van der Waals surface area contributed by atoms with Crippen molar-refractivity contribution in [1.29, 1.82) is 0 Å². The zero-order valence-electron chi connectivity index (χ0n) is 15.0. The third-order valence-corrected chi connectivity index (χ3v) is 5.20. The Labute approximate surface area is 164 Å². The molecule has 0 saturated carbocycles. The number of nitrogens with one attached hydrogen (secondary N) is 1. The lowest BCUT2D eigenvalue weighted by Gasteiger charge is -2.10. The van der Waals surface area contributed by atoms with Crippen molar-refractivity contribution in [3.8, 4) is 5.75 Å². The van der Waals surface area contributed by atoms with Crippen LogP contribution in [0.4, 0.5) is 5.69 Å². The molecule has 0 fully saturated rings. The normalized spacial score (nSPS) is 10.5. The largest absolute Gasteiger partial charge is 0.494 e. The van der Waals surface area contributed by atoms with E-state index < -0.39 is 0 Å². The highest BCUT2D eigenvalue weighted by Gasteiger charge is 2.08. The van der Waals surface area contributed by atoms with Gasteiger partial charge in [0.15, 0.2) is 0 Å². The van der Waals surface area contributed by atoms with Gasteiger partial charge in [-0.15, -0.1) is 0 Å². The number of hydrogen-bond acceptors (Lipinski definition) is 2. The molecule has 0 saturated heterocycles. The van der Waals surface area contributed by atoms with E-state index in [9.17, 15) is 4.79 Å². The molecule has 3 nitrogen and oxygen atoms in total. The number of unbranched alkanes of at least 4 members (excludes halogenated alkanes) is 4. The number of amides is 1. The van der Waals surface area contributed by atoms with Gasteiger partial charge in [-0.2, -0.15) is 0 Å². The van der Waals surface area contributed by atoms with E-state index in [0.717, 1.165) is 28.0 Å². The van der Waals surface area contributed by atoms with E-state index >= 15 is 0 Å². The monoisotopic (exact) mass is 451 g/mol. The number of hydrogen-bond donors (Lipinski definition) is 1. The summed E-state index contributed by atoms with van der Waals surface area (Å²) in [6.45, 7) is 4.97. The van der Waals surface area contributed by atoms with Crippen LogP contribution in [0.3, 0.4) is 0 Å². The van der Waals surface area contributed by atoms with Crippen molar-refractivity contribution in [1.82, 2.24) is 0 Å². The van der Waals surface area contributed by atoms with Gasteiger partial charge in [-0.3, -0.25) is 4.79 Å². The fraction of sp³-hybridized carbons (Fsp3) is 0.381. The first-order valence-corrected chi connectivity index (χ1v) is 9.98. The maximum atomic E-state index is 12.4. The van der Waals surface area contributed by atoms with Crippen LogP contribution in [0.25, 0.3) is 0 Å². The van der Waals surface area contributed by atoms with Crippen molar-refractivity contribution in [2.24, 2.45) is 0 Å². The van der Waals surface area contributed by atoms with Crippen LogP contribution >= 0.6 is 22.6 Å². The first-order chi connectivity index (χ1) is 12.1. The second kappa shape index (κ2) is 10.4. The zero-order valence-corrected chi connectivity index (χ0v) is 17.1. The van der Waals surface area contributed by atoms with Gasteiger partial charge in [0.1, 0.15) is 5.75 Å². The van der Waals surface area contributed by atoms with Crippen LogP contribution in [0.2, 0.25) is 0 Å². The number of carbonyl (C=O) groups is 1. The molecular formula is C21H26INO2. The van der Waals surface area contributed by atoms with Gasteiger partial charge in [0.05, 0.1) is 6.61 Å². The van der Waals surface area contributed by atoms with Crippen molar-refractivity contribution in [3.05, 3.63) is 57.2 Å². The number of benzene rings is 2. The summed E-state index contributed by atoms with van der Waals surface area (Å²) in [5.41, 5.74) is 2.59. The van der Waals surface area contributed by atoms with Crippen molar-refractivity contribution < 1.29 is 9.53 Å². The average Bonchev–Trinajstić information content (AvgIpc) is 2.60. The van der Waals surface area contributed by atoms with Gasteiger partial charge in [0.25, 0.3) is 5.91 Å². The molecule has 0 aliphatic carbocycles. The molecule has 2 aromatic rings.